The summed E-state index contributed by atoms with van der Waals surface area (Å²) in [4.78, 5) is 0. The van der Waals surface area contributed by atoms with Crippen molar-refractivity contribution in [2.45, 2.75) is 6.85 Å². The summed E-state index contributed by atoms with van der Waals surface area (Å²) in [5, 5.41) is 0. The van der Waals surface area contributed by atoms with E-state index < -0.39 is 12.7 Å². The molecule has 0 heterocycles. The highest BCUT2D eigenvalue weighted by Gasteiger charge is 1.92. The third-order valence-corrected chi connectivity index (χ3v) is 1.32. The lowest BCUT2D eigenvalue weighted by Crippen LogP contribution is -1.75. The summed E-state index contributed by atoms with van der Waals surface area (Å²) in [6, 6.07) is 3.61. The molecule has 0 bridgehead atoms. The zero-order valence-electron chi connectivity index (χ0n) is 7.49. The number of halogens is 2. The van der Waals surface area contributed by atoms with Gasteiger partial charge in [0.25, 0.3) is 0 Å². The van der Waals surface area contributed by atoms with Gasteiger partial charge in [-0.15, -0.1) is 0 Å². The molecule has 0 fully saturated rings. The molecule has 0 aliphatic carbocycles. The maximum absolute atomic E-state index is 12.7. The maximum Gasteiger partial charge on any atom is 0.124 e. The highest BCUT2D eigenvalue weighted by molar-refractivity contribution is 9.10. The van der Waals surface area contributed by atoms with Gasteiger partial charge in [0, 0.05) is 8.58 Å². The van der Waals surface area contributed by atoms with Crippen molar-refractivity contribution in [2.75, 3.05) is 0 Å². The fourth-order valence-corrected chi connectivity index (χ4v) is 1.02. The molecule has 0 aliphatic rings. The van der Waals surface area contributed by atoms with Crippen LogP contribution in [0, 0.1) is 12.7 Å². The number of hydrogen-bond donors (Lipinski definition) is 0. The largest absolute Gasteiger partial charge is 0.207 e. The van der Waals surface area contributed by atoms with E-state index in [1.165, 1.54) is 12.1 Å². The number of aryl methyl sites for hydroxylation is 1. The summed E-state index contributed by atoms with van der Waals surface area (Å²) in [5.41, 5.74) is 0.00868. The molecule has 9 heavy (non-hydrogen) atoms. The lowest BCUT2D eigenvalue weighted by atomic mass is 10.2. The standard InChI is InChI=1S/C7H6BrF/c1-5-2-6(8)4-7(9)3-5/h2-4H,1H3/i1D3. The quantitative estimate of drug-likeness (QED) is 0.592. The van der Waals surface area contributed by atoms with E-state index in [1.807, 2.05) is 0 Å². The molecule has 1 rings (SSSR count). The first kappa shape index (κ1) is 3.71. The molecule has 0 amide bonds. The molecule has 0 unspecified atom stereocenters. The molecule has 0 radical (unpaired) electrons. The first-order chi connectivity index (χ1) is 5.39. The Morgan fingerprint density at radius 2 is 2.33 bits per heavy atom. The highest BCUT2D eigenvalue weighted by atomic mass is 79.9. The van der Waals surface area contributed by atoms with Crippen molar-refractivity contribution in [3.8, 4) is 0 Å². The fraction of sp³-hybridized carbons (Fsp3) is 0.143. The molecule has 0 nitrogen and oxygen atoms in total. The smallest absolute Gasteiger partial charge is 0.124 e. The Hall–Kier alpha value is -0.370. The van der Waals surface area contributed by atoms with Gasteiger partial charge >= 0.3 is 0 Å². The van der Waals surface area contributed by atoms with Crippen LogP contribution in [0.5, 0.6) is 0 Å². The third kappa shape index (κ3) is 1.79. The maximum atomic E-state index is 12.7. The Labute approximate surface area is 66.0 Å². The molecule has 1 aromatic rings. The predicted octanol–water partition coefficient (Wildman–Crippen LogP) is 2.90. The number of hydrogen-bond acceptors (Lipinski definition) is 0. The molecule has 48 valence electrons. The first-order valence-electron chi connectivity index (χ1n) is 3.86. The Kier molecular flexibility index (Phi) is 1.02. The zero-order chi connectivity index (χ0) is 9.35. The fourth-order valence-electron chi connectivity index (χ4n) is 0.554. The minimum atomic E-state index is -2.25. The predicted molar refractivity (Wildman–Crippen MR) is 38.8 cm³/mol. The van der Waals surface area contributed by atoms with Crippen LogP contribution in [-0.2, 0) is 0 Å². The van der Waals surface area contributed by atoms with Crippen molar-refractivity contribution in [3.63, 3.8) is 0 Å². The molecular weight excluding hydrogens is 183 g/mol. The van der Waals surface area contributed by atoms with Crippen molar-refractivity contribution in [2.24, 2.45) is 0 Å². The van der Waals surface area contributed by atoms with Crippen molar-refractivity contribution in [3.05, 3.63) is 34.1 Å². The molecule has 1 aromatic carbocycles. The van der Waals surface area contributed by atoms with Crippen molar-refractivity contribution in [1.29, 1.82) is 0 Å². The van der Waals surface area contributed by atoms with E-state index in [0.29, 0.717) is 4.47 Å². The minimum Gasteiger partial charge on any atom is -0.207 e. The van der Waals surface area contributed by atoms with Crippen LogP contribution >= 0.6 is 15.9 Å². The van der Waals surface area contributed by atoms with Crippen LogP contribution in [0.2, 0.25) is 0 Å². The number of rotatable bonds is 0. The van der Waals surface area contributed by atoms with Crippen molar-refractivity contribution < 1.29 is 8.50 Å². The van der Waals surface area contributed by atoms with E-state index in [1.54, 1.807) is 0 Å². The lowest BCUT2D eigenvalue weighted by Gasteiger charge is -1.92. The van der Waals surface area contributed by atoms with Gasteiger partial charge in [-0.25, -0.2) is 4.39 Å². The molecule has 0 saturated heterocycles. The van der Waals surface area contributed by atoms with Gasteiger partial charge in [0.05, 0.1) is 0 Å². The van der Waals surface area contributed by atoms with E-state index in [-0.39, 0.29) is 5.56 Å². The van der Waals surface area contributed by atoms with Gasteiger partial charge in [0.15, 0.2) is 0 Å². The van der Waals surface area contributed by atoms with Gasteiger partial charge in [-0.05, 0) is 30.6 Å². The summed E-state index contributed by atoms with van der Waals surface area (Å²) >= 11 is 3.02. The molecular formula is C7H6BrF. The van der Waals surface area contributed by atoms with Crippen LogP contribution < -0.4 is 0 Å². The van der Waals surface area contributed by atoms with Gasteiger partial charge in [-0.1, -0.05) is 15.9 Å². The monoisotopic (exact) mass is 191 g/mol. The topological polar surface area (TPSA) is 0 Å². The van der Waals surface area contributed by atoms with Gasteiger partial charge in [-0.3, -0.25) is 0 Å². The van der Waals surface area contributed by atoms with E-state index in [4.69, 9.17) is 4.11 Å². The molecule has 2 heteroatoms. The Morgan fingerprint density at radius 1 is 1.56 bits per heavy atom. The molecule has 0 saturated carbocycles. The summed E-state index contributed by atoms with van der Waals surface area (Å²) in [6.45, 7) is -2.25. The summed E-state index contributed by atoms with van der Waals surface area (Å²) < 4.78 is 34.2. The Balaban J connectivity index is 3.18. The van der Waals surface area contributed by atoms with Gasteiger partial charge in [-0.2, -0.15) is 0 Å². The second kappa shape index (κ2) is 2.48. The highest BCUT2D eigenvalue weighted by Crippen LogP contribution is 2.13. The molecule has 0 aromatic heterocycles. The van der Waals surface area contributed by atoms with Crippen molar-refractivity contribution in [1.82, 2.24) is 0 Å². The minimum absolute atomic E-state index is 0.00868. The van der Waals surface area contributed by atoms with Gasteiger partial charge in [0.2, 0.25) is 0 Å². The van der Waals surface area contributed by atoms with Crippen LogP contribution in [0.15, 0.2) is 22.7 Å². The summed E-state index contributed by atoms with van der Waals surface area (Å²) in [6.07, 6.45) is 0. The van der Waals surface area contributed by atoms with E-state index >= 15 is 0 Å². The van der Waals surface area contributed by atoms with Gasteiger partial charge < -0.3 is 0 Å². The van der Waals surface area contributed by atoms with E-state index in [2.05, 4.69) is 15.9 Å². The average molecular weight is 192 g/mol. The second-order valence-corrected chi connectivity index (χ2v) is 2.57. The Morgan fingerprint density at radius 3 is 2.89 bits per heavy atom. The average Bonchev–Trinajstić information content (AvgIpc) is 1.82. The van der Waals surface area contributed by atoms with E-state index in [0.717, 1.165) is 6.07 Å². The molecule has 0 aliphatic heterocycles. The zero-order valence-corrected chi connectivity index (χ0v) is 6.07. The summed E-state index contributed by atoms with van der Waals surface area (Å²) in [7, 11) is 0. The third-order valence-electron chi connectivity index (χ3n) is 0.863. The normalized spacial score (nSPS) is 16.0. The van der Waals surface area contributed by atoms with Crippen LogP contribution in [0.4, 0.5) is 4.39 Å². The first-order valence-corrected chi connectivity index (χ1v) is 3.15. The van der Waals surface area contributed by atoms with Crippen LogP contribution in [0.25, 0.3) is 0 Å². The van der Waals surface area contributed by atoms with Crippen molar-refractivity contribution >= 4 is 15.9 Å². The number of benzene rings is 1. The SMILES string of the molecule is [2H]C([2H])([2H])c1cc(F)cc(Br)c1. The van der Waals surface area contributed by atoms with E-state index in [9.17, 15) is 4.39 Å². The van der Waals surface area contributed by atoms with Crippen LogP contribution in [0.3, 0.4) is 0 Å². The van der Waals surface area contributed by atoms with Gasteiger partial charge in [0.1, 0.15) is 5.82 Å². The Bertz CT molecular complexity index is 275. The molecule has 0 spiro atoms. The second-order valence-electron chi connectivity index (χ2n) is 1.66. The molecule has 0 N–H and O–H groups in total. The van der Waals surface area contributed by atoms with Crippen LogP contribution in [0.1, 0.15) is 9.68 Å². The van der Waals surface area contributed by atoms with Crippen LogP contribution in [-0.4, -0.2) is 0 Å². The molecule has 0 atom stereocenters. The lowest BCUT2D eigenvalue weighted by molar-refractivity contribution is 0.626. The summed E-state index contributed by atoms with van der Waals surface area (Å²) in [5.74, 6) is -0.546.